The first kappa shape index (κ1) is 24.0. The van der Waals surface area contributed by atoms with Crippen LogP contribution in [0.3, 0.4) is 0 Å². The molecule has 0 saturated heterocycles. The van der Waals surface area contributed by atoms with Gasteiger partial charge in [0.05, 0.1) is 28.5 Å². The quantitative estimate of drug-likeness (QED) is 0.214. The van der Waals surface area contributed by atoms with Gasteiger partial charge >= 0.3 is 6.18 Å². The van der Waals surface area contributed by atoms with E-state index >= 15 is 0 Å². The van der Waals surface area contributed by atoms with Crippen LogP contribution in [0.2, 0.25) is 0 Å². The van der Waals surface area contributed by atoms with Crippen LogP contribution in [0, 0.1) is 0 Å². The summed E-state index contributed by atoms with van der Waals surface area (Å²) in [5.41, 5.74) is 6.31. The van der Waals surface area contributed by atoms with Crippen molar-refractivity contribution >= 4 is 32.6 Å². The Morgan fingerprint density at radius 2 is 0.950 bits per heavy atom. The molecule has 1 heterocycles. The summed E-state index contributed by atoms with van der Waals surface area (Å²) in [6.45, 7) is 0. The summed E-state index contributed by atoms with van der Waals surface area (Å²) in [7, 11) is 0. The van der Waals surface area contributed by atoms with Crippen LogP contribution in [0.5, 0.6) is 0 Å². The maximum absolute atomic E-state index is 13.1. The van der Waals surface area contributed by atoms with Gasteiger partial charge in [-0.1, -0.05) is 97.1 Å². The minimum Gasteiger partial charge on any atom is -0.252 e. The Morgan fingerprint density at radius 3 is 1.48 bits per heavy atom. The molecule has 7 rings (SSSR count). The van der Waals surface area contributed by atoms with E-state index < -0.39 is 11.7 Å². The molecule has 2 nitrogen and oxygen atoms in total. The van der Waals surface area contributed by atoms with E-state index in [2.05, 4.69) is 60.7 Å². The van der Waals surface area contributed by atoms with Crippen LogP contribution in [-0.4, -0.2) is 9.97 Å². The summed E-state index contributed by atoms with van der Waals surface area (Å²) in [6, 6.07) is 38.2. The van der Waals surface area contributed by atoms with Crippen molar-refractivity contribution in [2.45, 2.75) is 6.18 Å². The third-order valence-corrected chi connectivity index (χ3v) is 7.33. The smallest absolute Gasteiger partial charge is 0.252 e. The van der Waals surface area contributed by atoms with E-state index in [1.54, 1.807) is 6.20 Å². The first-order chi connectivity index (χ1) is 19.5. The molecule has 1 aromatic heterocycles. The molecule has 0 unspecified atom stereocenters. The fourth-order valence-electron chi connectivity index (χ4n) is 5.31. The molecule has 7 aromatic rings. The third kappa shape index (κ3) is 4.16. The molecule has 0 atom stereocenters. The summed E-state index contributed by atoms with van der Waals surface area (Å²) >= 11 is 0. The van der Waals surface area contributed by atoms with Gasteiger partial charge in [-0.3, -0.25) is 4.98 Å². The molecule has 0 aliphatic heterocycles. The number of halogens is 3. The van der Waals surface area contributed by atoms with E-state index in [9.17, 15) is 13.2 Å². The predicted molar refractivity (Wildman–Crippen MR) is 156 cm³/mol. The lowest BCUT2D eigenvalue weighted by Gasteiger charge is -2.14. The average molecular weight is 527 g/mol. The number of benzene rings is 6. The molecule has 0 saturated carbocycles. The Kier molecular flexibility index (Phi) is 5.60. The van der Waals surface area contributed by atoms with Crippen LogP contribution in [0.4, 0.5) is 13.2 Å². The van der Waals surface area contributed by atoms with E-state index in [4.69, 9.17) is 9.97 Å². The molecule has 40 heavy (non-hydrogen) atoms. The molecular weight excluding hydrogens is 505 g/mol. The van der Waals surface area contributed by atoms with Crippen LogP contribution in [0.15, 0.2) is 128 Å². The summed E-state index contributed by atoms with van der Waals surface area (Å²) in [6.07, 6.45) is -2.75. The highest BCUT2D eigenvalue weighted by molar-refractivity contribution is 6.24. The largest absolute Gasteiger partial charge is 0.416 e. The lowest BCUT2D eigenvalue weighted by Crippen LogP contribution is -2.04. The van der Waals surface area contributed by atoms with Crippen LogP contribution in [0.1, 0.15) is 5.56 Å². The van der Waals surface area contributed by atoms with Crippen molar-refractivity contribution in [1.82, 2.24) is 9.97 Å². The van der Waals surface area contributed by atoms with Gasteiger partial charge in [0.15, 0.2) is 0 Å². The monoisotopic (exact) mass is 526 g/mol. The van der Waals surface area contributed by atoms with Crippen molar-refractivity contribution in [1.29, 1.82) is 0 Å². The van der Waals surface area contributed by atoms with Crippen LogP contribution in [0.25, 0.3) is 66.1 Å². The number of rotatable bonds is 3. The number of hydrogen-bond acceptors (Lipinski definition) is 2. The standard InChI is InChI=1S/C35H21F3N2/c36-35(37,38)27-15-11-24(12-16-27)32-21-39-33-28-17-13-25(22-7-3-1-4-8-22)19-30(28)31-20-26(23-9-5-2-6-10-23)14-18-29(31)34(33)40-32/h1-21H. The summed E-state index contributed by atoms with van der Waals surface area (Å²) in [5, 5.41) is 4.02. The second-order valence-electron chi connectivity index (χ2n) is 9.78. The molecule has 0 bridgehead atoms. The average Bonchev–Trinajstić information content (AvgIpc) is 3.01. The minimum absolute atomic E-state index is 0.523. The van der Waals surface area contributed by atoms with E-state index in [1.165, 1.54) is 12.1 Å². The van der Waals surface area contributed by atoms with Crippen LogP contribution < -0.4 is 0 Å². The first-order valence-electron chi connectivity index (χ1n) is 12.9. The summed E-state index contributed by atoms with van der Waals surface area (Å²) < 4.78 is 39.4. The fourth-order valence-corrected chi connectivity index (χ4v) is 5.31. The second-order valence-corrected chi connectivity index (χ2v) is 9.78. The molecule has 0 spiro atoms. The maximum atomic E-state index is 13.1. The van der Waals surface area contributed by atoms with Gasteiger partial charge in [-0.15, -0.1) is 0 Å². The normalized spacial score (nSPS) is 11.9. The number of fused-ring (bicyclic) bond motifs is 6. The zero-order valence-electron chi connectivity index (χ0n) is 21.2. The highest BCUT2D eigenvalue weighted by atomic mass is 19.4. The van der Waals surface area contributed by atoms with Crippen molar-refractivity contribution in [2.24, 2.45) is 0 Å². The highest BCUT2D eigenvalue weighted by Gasteiger charge is 2.30. The first-order valence-corrected chi connectivity index (χ1v) is 12.9. The van der Waals surface area contributed by atoms with E-state index in [0.717, 1.165) is 61.4 Å². The lowest BCUT2D eigenvalue weighted by molar-refractivity contribution is -0.137. The SMILES string of the molecule is FC(F)(F)c1ccc(-c2cnc3c4ccc(-c5ccccc5)cc4c4cc(-c5ccccc5)ccc4c3n2)cc1. The molecule has 6 aromatic carbocycles. The molecular formula is C35H21F3N2. The fraction of sp³-hybridized carbons (Fsp3) is 0.0286. The van der Waals surface area contributed by atoms with Crippen molar-refractivity contribution in [3.63, 3.8) is 0 Å². The maximum Gasteiger partial charge on any atom is 0.416 e. The van der Waals surface area contributed by atoms with Crippen molar-refractivity contribution in [3.05, 3.63) is 133 Å². The van der Waals surface area contributed by atoms with Gasteiger partial charge in [0, 0.05) is 16.3 Å². The van der Waals surface area contributed by atoms with Gasteiger partial charge in [-0.05, 0) is 57.3 Å². The topological polar surface area (TPSA) is 25.8 Å². The molecule has 0 fully saturated rings. The molecule has 0 N–H and O–H groups in total. The Bertz CT molecular complexity index is 2020. The van der Waals surface area contributed by atoms with Gasteiger partial charge in [0.2, 0.25) is 0 Å². The number of alkyl halides is 3. The molecule has 0 amide bonds. The van der Waals surface area contributed by atoms with Gasteiger partial charge in [-0.2, -0.15) is 13.2 Å². The van der Waals surface area contributed by atoms with Crippen molar-refractivity contribution < 1.29 is 13.2 Å². The van der Waals surface area contributed by atoms with E-state index in [0.29, 0.717) is 16.8 Å². The highest BCUT2D eigenvalue weighted by Crippen LogP contribution is 2.38. The predicted octanol–water partition coefficient (Wildman–Crippen LogP) is 9.96. The molecule has 0 radical (unpaired) electrons. The number of nitrogens with zero attached hydrogens (tertiary/aromatic N) is 2. The van der Waals surface area contributed by atoms with Gasteiger partial charge in [0.25, 0.3) is 0 Å². The zero-order valence-corrected chi connectivity index (χ0v) is 21.2. The van der Waals surface area contributed by atoms with Crippen LogP contribution >= 0.6 is 0 Å². The molecule has 192 valence electrons. The number of hydrogen-bond donors (Lipinski definition) is 0. The molecule has 5 heteroatoms. The zero-order chi connectivity index (χ0) is 27.3. The van der Waals surface area contributed by atoms with E-state index in [-0.39, 0.29) is 0 Å². The Balaban J connectivity index is 1.49. The Hall–Kier alpha value is -5.03. The summed E-state index contributed by atoms with van der Waals surface area (Å²) in [4.78, 5) is 9.76. The molecule has 0 aliphatic carbocycles. The van der Waals surface area contributed by atoms with Crippen LogP contribution in [-0.2, 0) is 6.18 Å². The molecule has 0 aliphatic rings. The number of aromatic nitrogens is 2. The summed E-state index contributed by atoms with van der Waals surface area (Å²) in [5.74, 6) is 0. The van der Waals surface area contributed by atoms with Crippen molar-refractivity contribution in [3.8, 4) is 33.5 Å². The van der Waals surface area contributed by atoms with E-state index in [1.807, 2.05) is 36.4 Å². The van der Waals surface area contributed by atoms with Gasteiger partial charge in [0.1, 0.15) is 0 Å². The lowest BCUT2D eigenvalue weighted by atomic mass is 9.93. The van der Waals surface area contributed by atoms with Gasteiger partial charge in [-0.25, -0.2) is 4.98 Å². The second kappa shape index (κ2) is 9.31. The Labute approximate surface area is 228 Å². The third-order valence-electron chi connectivity index (χ3n) is 7.33. The minimum atomic E-state index is -4.39. The van der Waals surface area contributed by atoms with Gasteiger partial charge < -0.3 is 0 Å². The Morgan fingerprint density at radius 1 is 0.450 bits per heavy atom. The van der Waals surface area contributed by atoms with Crippen molar-refractivity contribution in [2.75, 3.05) is 0 Å².